The molecule has 3 aromatic rings. The molecule has 3 heterocycles. The molecule has 2 aromatic carbocycles. The Bertz CT molecular complexity index is 1580. The highest BCUT2D eigenvalue weighted by atomic mass is 32.1. The minimum atomic E-state index is -0.759. The number of allylic oxidation sites excluding steroid dienone is 1. The zero-order chi connectivity index (χ0) is 25.4. The SMILES string of the molecule is CCOC(=O)C1=C(C)N=c2s/c(=C/c3ccc4c(c3)OCO4)c(=O)n2[C@@H]1c1ccc(OC(C)=O)cc1. The maximum Gasteiger partial charge on any atom is 0.338 e. The van der Waals surface area contributed by atoms with Gasteiger partial charge in [0.2, 0.25) is 6.79 Å². The first kappa shape index (κ1) is 23.6. The summed E-state index contributed by atoms with van der Waals surface area (Å²) in [7, 11) is 0. The van der Waals surface area contributed by atoms with Crippen LogP contribution in [0.1, 0.15) is 37.9 Å². The third-order valence-corrected chi connectivity index (χ3v) is 6.65. The summed E-state index contributed by atoms with van der Waals surface area (Å²) in [6.07, 6.45) is 1.76. The van der Waals surface area contributed by atoms with Crippen molar-refractivity contribution in [1.29, 1.82) is 0 Å². The van der Waals surface area contributed by atoms with E-state index in [9.17, 15) is 14.4 Å². The first-order chi connectivity index (χ1) is 17.4. The molecule has 10 heteroatoms. The Morgan fingerprint density at radius 1 is 1.17 bits per heavy atom. The van der Waals surface area contributed by atoms with Crippen molar-refractivity contribution in [2.75, 3.05) is 13.4 Å². The molecule has 0 fully saturated rings. The number of thiazole rings is 1. The molecule has 9 nitrogen and oxygen atoms in total. The number of hydrogen-bond donors (Lipinski definition) is 0. The normalized spacial score (nSPS) is 16.4. The summed E-state index contributed by atoms with van der Waals surface area (Å²) in [4.78, 5) is 43.0. The monoisotopic (exact) mass is 506 g/mol. The van der Waals surface area contributed by atoms with Crippen molar-refractivity contribution in [3.63, 3.8) is 0 Å². The van der Waals surface area contributed by atoms with E-state index < -0.39 is 18.0 Å². The second-order valence-electron chi connectivity index (χ2n) is 8.08. The van der Waals surface area contributed by atoms with Crippen molar-refractivity contribution in [2.24, 2.45) is 4.99 Å². The predicted octanol–water partition coefficient (Wildman–Crippen LogP) is 2.45. The van der Waals surface area contributed by atoms with Crippen LogP contribution in [0.3, 0.4) is 0 Å². The van der Waals surface area contributed by atoms with Crippen LogP contribution in [0.25, 0.3) is 6.08 Å². The smallest absolute Gasteiger partial charge is 0.338 e. The summed E-state index contributed by atoms with van der Waals surface area (Å²) in [6.45, 7) is 5.10. The topological polar surface area (TPSA) is 105 Å². The van der Waals surface area contributed by atoms with E-state index in [4.69, 9.17) is 18.9 Å². The molecule has 0 spiro atoms. The van der Waals surface area contributed by atoms with Crippen molar-refractivity contribution in [2.45, 2.75) is 26.8 Å². The van der Waals surface area contributed by atoms with Gasteiger partial charge < -0.3 is 18.9 Å². The third-order valence-electron chi connectivity index (χ3n) is 5.67. The van der Waals surface area contributed by atoms with E-state index in [0.717, 1.165) is 5.56 Å². The number of carbonyl (C=O) groups is 2. The summed E-state index contributed by atoms with van der Waals surface area (Å²) in [5.41, 5.74) is 1.88. The van der Waals surface area contributed by atoms with Crippen LogP contribution in [-0.2, 0) is 14.3 Å². The highest BCUT2D eigenvalue weighted by Gasteiger charge is 2.33. The Labute approximate surface area is 209 Å². The largest absolute Gasteiger partial charge is 0.463 e. The molecular formula is C26H22N2O7S. The number of nitrogens with zero attached hydrogens (tertiary/aromatic N) is 2. The Morgan fingerprint density at radius 3 is 2.64 bits per heavy atom. The van der Waals surface area contributed by atoms with E-state index >= 15 is 0 Å². The second-order valence-corrected chi connectivity index (χ2v) is 9.09. The summed E-state index contributed by atoms with van der Waals surface area (Å²) in [5, 5.41) is 0. The van der Waals surface area contributed by atoms with Crippen molar-refractivity contribution in [3.8, 4) is 17.2 Å². The fourth-order valence-electron chi connectivity index (χ4n) is 4.15. The number of carbonyl (C=O) groups excluding carboxylic acids is 2. The summed E-state index contributed by atoms with van der Waals surface area (Å²) < 4.78 is 23.2. The van der Waals surface area contributed by atoms with Crippen LogP contribution >= 0.6 is 11.3 Å². The molecular weight excluding hydrogens is 484 g/mol. The highest BCUT2D eigenvalue weighted by molar-refractivity contribution is 7.07. The third kappa shape index (κ3) is 4.31. The van der Waals surface area contributed by atoms with Gasteiger partial charge in [-0.05, 0) is 55.3 Å². The fraction of sp³-hybridized carbons (Fsp3) is 0.231. The standard InChI is InChI=1S/C26H22N2O7S/c1-4-32-25(31)22-14(2)27-26-28(23(22)17-6-8-18(9-7-17)35-15(3)29)24(30)21(36-26)12-16-5-10-19-20(11-16)34-13-33-19/h5-12,23H,4,13H2,1-3H3/b21-12+/t23-/m1/s1. The average molecular weight is 507 g/mol. The molecule has 0 saturated heterocycles. The van der Waals surface area contributed by atoms with Gasteiger partial charge in [0, 0.05) is 6.92 Å². The summed E-state index contributed by atoms with van der Waals surface area (Å²) in [5.74, 6) is 0.642. The Hall–Kier alpha value is -4.18. The Kier molecular flexibility index (Phi) is 6.19. The number of aromatic nitrogens is 1. The summed E-state index contributed by atoms with van der Waals surface area (Å²) in [6, 6.07) is 11.4. The molecule has 5 rings (SSSR count). The van der Waals surface area contributed by atoms with Crippen LogP contribution in [0.5, 0.6) is 17.2 Å². The molecule has 0 unspecified atom stereocenters. The number of benzene rings is 2. The minimum absolute atomic E-state index is 0.160. The van der Waals surface area contributed by atoms with Gasteiger partial charge in [-0.1, -0.05) is 29.5 Å². The van der Waals surface area contributed by atoms with Gasteiger partial charge in [0.1, 0.15) is 5.75 Å². The van der Waals surface area contributed by atoms with Gasteiger partial charge in [-0.25, -0.2) is 9.79 Å². The lowest BCUT2D eigenvalue weighted by atomic mass is 9.96. The Balaban J connectivity index is 1.65. The molecule has 0 N–H and O–H groups in total. The molecule has 2 aliphatic rings. The summed E-state index contributed by atoms with van der Waals surface area (Å²) >= 11 is 1.23. The van der Waals surface area contributed by atoms with Crippen LogP contribution in [-0.4, -0.2) is 29.9 Å². The lowest BCUT2D eigenvalue weighted by Crippen LogP contribution is -2.39. The van der Waals surface area contributed by atoms with E-state index in [1.165, 1.54) is 22.8 Å². The molecule has 36 heavy (non-hydrogen) atoms. The van der Waals surface area contributed by atoms with Gasteiger partial charge in [0.25, 0.3) is 5.56 Å². The molecule has 0 aliphatic carbocycles. The minimum Gasteiger partial charge on any atom is -0.463 e. The van der Waals surface area contributed by atoms with Gasteiger partial charge in [0.15, 0.2) is 16.3 Å². The highest BCUT2D eigenvalue weighted by Crippen LogP contribution is 2.33. The molecule has 1 aromatic heterocycles. The number of rotatable bonds is 5. The van der Waals surface area contributed by atoms with E-state index in [2.05, 4.69) is 4.99 Å². The lowest BCUT2D eigenvalue weighted by Gasteiger charge is -2.24. The van der Waals surface area contributed by atoms with Crippen LogP contribution in [0.2, 0.25) is 0 Å². The van der Waals surface area contributed by atoms with Crippen LogP contribution < -0.4 is 29.1 Å². The van der Waals surface area contributed by atoms with E-state index in [1.807, 2.05) is 6.07 Å². The van der Waals surface area contributed by atoms with Gasteiger partial charge >= 0.3 is 11.9 Å². The van der Waals surface area contributed by atoms with Gasteiger partial charge in [-0.2, -0.15) is 0 Å². The van der Waals surface area contributed by atoms with E-state index in [0.29, 0.717) is 37.8 Å². The lowest BCUT2D eigenvalue weighted by molar-refractivity contribution is -0.139. The number of hydrogen-bond acceptors (Lipinski definition) is 9. The first-order valence-corrected chi connectivity index (χ1v) is 12.0. The molecule has 0 amide bonds. The quantitative estimate of drug-likeness (QED) is 0.387. The van der Waals surface area contributed by atoms with Crippen LogP contribution in [0, 0.1) is 0 Å². The van der Waals surface area contributed by atoms with Crippen molar-refractivity contribution < 1.29 is 28.5 Å². The van der Waals surface area contributed by atoms with E-state index in [1.54, 1.807) is 56.3 Å². The van der Waals surface area contributed by atoms with Gasteiger partial charge in [-0.15, -0.1) is 0 Å². The molecule has 0 bridgehead atoms. The molecule has 184 valence electrons. The number of fused-ring (bicyclic) bond motifs is 2. The number of ether oxygens (including phenoxy) is 4. The van der Waals surface area contributed by atoms with E-state index in [-0.39, 0.29) is 24.5 Å². The molecule has 2 aliphatic heterocycles. The molecule has 0 radical (unpaired) electrons. The van der Waals surface area contributed by atoms with Crippen LogP contribution in [0.4, 0.5) is 0 Å². The predicted molar refractivity (Wildman–Crippen MR) is 131 cm³/mol. The maximum atomic E-state index is 13.7. The maximum absolute atomic E-state index is 13.7. The average Bonchev–Trinajstić information content (AvgIpc) is 3.42. The zero-order valence-corrected chi connectivity index (χ0v) is 20.6. The fourth-order valence-corrected chi connectivity index (χ4v) is 5.19. The van der Waals surface area contributed by atoms with Crippen molar-refractivity contribution in [1.82, 2.24) is 4.57 Å². The molecule has 1 atom stereocenters. The van der Waals surface area contributed by atoms with Crippen molar-refractivity contribution in [3.05, 3.63) is 84.5 Å². The Morgan fingerprint density at radius 2 is 1.92 bits per heavy atom. The first-order valence-electron chi connectivity index (χ1n) is 11.2. The van der Waals surface area contributed by atoms with Gasteiger partial charge in [0.05, 0.1) is 28.5 Å². The van der Waals surface area contributed by atoms with Gasteiger partial charge in [-0.3, -0.25) is 14.2 Å². The zero-order valence-electron chi connectivity index (χ0n) is 19.8. The number of esters is 2. The van der Waals surface area contributed by atoms with Crippen molar-refractivity contribution >= 4 is 29.4 Å². The van der Waals surface area contributed by atoms with Crippen LogP contribution in [0.15, 0.2) is 63.5 Å². The second kappa shape index (κ2) is 9.46. The molecule has 0 saturated carbocycles.